The van der Waals surface area contributed by atoms with Gasteiger partial charge in [0.25, 0.3) is 5.56 Å². The van der Waals surface area contributed by atoms with Crippen molar-refractivity contribution in [3.63, 3.8) is 0 Å². The van der Waals surface area contributed by atoms with E-state index in [9.17, 15) is 4.79 Å². The van der Waals surface area contributed by atoms with E-state index in [0.717, 1.165) is 10.0 Å². The molecule has 0 amide bonds. The highest BCUT2D eigenvalue weighted by molar-refractivity contribution is 9.10. The summed E-state index contributed by atoms with van der Waals surface area (Å²) in [5.74, 6) is 0. The SMILES string of the molecule is O=c1c(Br)cccn1Cc1ccc(Br)cc1. The summed E-state index contributed by atoms with van der Waals surface area (Å²) < 4.78 is 3.30. The van der Waals surface area contributed by atoms with Gasteiger partial charge >= 0.3 is 0 Å². The Morgan fingerprint density at radius 1 is 1.06 bits per heavy atom. The van der Waals surface area contributed by atoms with Gasteiger partial charge in [0.15, 0.2) is 0 Å². The molecule has 0 radical (unpaired) electrons. The van der Waals surface area contributed by atoms with Gasteiger partial charge in [0.05, 0.1) is 11.0 Å². The Morgan fingerprint density at radius 3 is 2.44 bits per heavy atom. The minimum atomic E-state index is -0.00887. The summed E-state index contributed by atoms with van der Waals surface area (Å²) >= 11 is 6.61. The first-order chi connectivity index (χ1) is 7.66. The minimum Gasteiger partial charge on any atom is -0.310 e. The smallest absolute Gasteiger partial charge is 0.265 e. The summed E-state index contributed by atoms with van der Waals surface area (Å²) in [6.45, 7) is 0.589. The Morgan fingerprint density at radius 2 is 1.75 bits per heavy atom. The molecule has 0 saturated heterocycles. The molecular formula is C12H9Br2NO. The number of hydrogen-bond acceptors (Lipinski definition) is 1. The molecule has 82 valence electrons. The average Bonchev–Trinajstić information content (AvgIpc) is 2.28. The Kier molecular flexibility index (Phi) is 3.61. The van der Waals surface area contributed by atoms with Crippen LogP contribution in [0.25, 0.3) is 0 Å². The molecule has 0 bridgehead atoms. The molecular weight excluding hydrogens is 334 g/mol. The highest BCUT2D eigenvalue weighted by Crippen LogP contribution is 2.11. The van der Waals surface area contributed by atoms with Crippen molar-refractivity contribution < 1.29 is 0 Å². The predicted molar refractivity (Wildman–Crippen MR) is 71.6 cm³/mol. The molecule has 2 nitrogen and oxygen atoms in total. The number of rotatable bonds is 2. The predicted octanol–water partition coefficient (Wildman–Crippen LogP) is 3.42. The van der Waals surface area contributed by atoms with Crippen molar-refractivity contribution in [2.24, 2.45) is 0 Å². The van der Waals surface area contributed by atoms with Crippen LogP contribution in [0.15, 0.2) is 56.3 Å². The van der Waals surface area contributed by atoms with Crippen LogP contribution in [-0.4, -0.2) is 4.57 Å². The number of halogens is 2. The zero-order valence-corrected chi connectivity index (χ0v) is 11.5. The van der Waals surface area contributed by atoms with E-state index in [1.807, 2.05) is 30.3 Å². The monoisotopic (exact) mass is 341 g/mol. The maximum absolute atomic E-state index is 11.7. The Hall–Kier alpha value is -0.870. The van der Waals surface area contributed by atoms with Crippen LogP contribution in [0.3, 0.4) is 0 Å². The van der Waals surface area contributed by atoms with Crippen molar-refractivity contribution in [2.75, 3.05) is 0 Å². The Bertz CT molecular complexity index is 546. The van der Waals surface area contributed by atoms with Crippen LogP contribution < -0.4 is 5.56 Å². The summed E-state index contributed by atoms with van der Waals surface area (Å²) in [6, 6.07) is 11.5. The van der Waals surface area contributed by atoms with E-state index in [1.165, 1.54) is 0 Å². The first-order valence-electron chi connectivity index (χ1n) is 4.76. The third-order valence-electron chi connectivity index (χ3n) is 2.24. The van der Waals surface area contributed by atoms with E-state index in [-0.39, 0.29) is 5.56 Å². The molecule has 2 rings (SSSR count). The number of benzene rings is 1. The lowest BCUT2D eigenvalue weighted by Crippen LogP contribution is -2.20. The van der Waals surface area contributed by atoms with Crippen LogP contribution in [-0.2, 0) is 6.54 Å². The van der Waals surface area contributed by atoms with Gasteiger partial charge in [-0.25, -0.2) is 0 Å². The van der Waals surface area contributed by atoms with Crippen molar-refractivity contribution in [2.45, 2.75) is 6.54 Å². The first-order valence-corrected chi connectivity index (χ1v) is 6.35. The zero-order chi connectivity index (χ0) is 11.5. The zero-order valence-electron chi connectivity index (χ0n) is 8.36. The van der Waals surface area contributed by atoms with Gasteiger partial charge in [-0.1, -0.05) is 28.1 Å². The summed E-state index contributed by atoms with van der Waals surface area (Å²) in [4.78, 5) is 11.7. The second-order valence-electron chi connectivity index (χ2n) is 3.42. The van der Waals surface area contributed by atoms with Gasteiger partial charge in [-0.05, 0) is 45.8 Å². The van der Waals surface area contributed by atoms with E-state index >= 15 is 0 Å². The molecule has 0 N–H and O–H groups in total. The minimum absolute atomic E-state index is 0.00887. The third-order valence-corrected chi connectivity index (χ3v) is 3.37. The molecule has 0 spiro atoms. The van der Waals surface area contributed by atoms with Crippen LogP contribution in [0.5, 0.6) is 0 Å². The molecule has 0 aliphatic carbocycles. The van der Waals surface area contributed by atoms with Crippen molar-refractivity contribution in [3.05, 3.63) is 67.5 Å². The second kappa shape index (κ2) is 4.97. The topological polar surface area (TPSA) is 22.0 Å². The molecule has 0 fully saturated rings. The normalized spacial score (nSPS) is 10.4. The first kappa shape index (κ1) is 11.6. The number of aromatic nitrogens is 1. The fraction of sp³-hybridized carbons (Fsp3) is 0.0833. The quantitative estimate of drug-likeness (QED) is 0.819. The van der Waals surface area contributed by atoms with Gasteiger partial charge in [-0.3, -0.25) is 4.79 Å². The van der Waals surface area contributed by atoms with Gasteiger partial charge in [0.2, 0.25) is 0 Å². The van der Waals surface area contributed by atoms with Gasteiger partial charge in [-0.15, -0.1) is 0 Å². The van der Waals surface area contributed by atoms with E-state index in [0.29, 0.717) is 11.0 Å². The lowest BCUT2D eigenvalue weighted by molar-refractivity contribution is 0.755. The Labute approximate surface area is 110 Å². The van der Waals surface area contributed by atoms with Crippen LogP contribution in [0.4, 0.5) is 0 Å². The van der Waals surface area contributed by atoms with Gasteiger partial charge in [0.1, 0.15) is 0 Å². The van der Waals surface area contributed by atoms with Crippen LogP contribution in [0.1, 0.15) is 5.56 Å². The molecule has 0 aliphatic heterocycles. The number of hydrogen-bond donors (Lipinski definition) is 0. The van der Waals surface area contributed by atoms with E-state index in [4.69, 9.17) is 0 Å². The van der Waals surface area contributed by atoms with Gasteiger partial charge in [0, 0.05) is 10.7 Å². The van der Waals surface area contributed by atoms with Gasteiger partial charge < -0.3 is 4.57 Å². The fourth-order valence-electron chi connectivity index (χ4n) is 1.42. The molecule has 4 heteroatoms. The van der Waals surface area contributed by atoms with Crippen LogP contribution in [0, 0.1) is 0 Å². The molecule has 0 saturated carbocycles. The third kappa shape index (κ3) is 2.62. The van der Waals surface area contributed by atoms with Gasteiger partial charge in [-0.2, -0.15) is 0 Å². The molecule has 1 aromatic carbocycles. The molecule has 2 aromatic rings. The van der Waals surface area contributed by atoms with E-state index in [2.05, 4.69) is 31.9 Å². The molecule has 0 unspecified atom stereocenters. The van der Waals surface area contributed by atoms with Crippen molar-refractivity contribution in [3.8, 4) is 0 Å². The van der Waals surface area contributed by atoms with Crippen molar-refractivity contribution in [1.29, 1.82) is 0 Å². The summed E-state index contributed by atoms with van der Waals surface area (Å²) in [7, 11) is 0. The van der Waals surface area contributed by atoms with E-state index < -0.39 is 0 Å². The van der Waals surface area contributed by atoms with E-state index in [1.54, 1.807) is 16.8 Å². The summed E-state index contributed by atoms with van der Waals surface area (Å²) in [5, 5.41) is 0. The fourth-order valence-corrected chi connectivity index (χ4v) is 2.06. The lowest BCUT2D eigenvalue weighted by atomic mass is 10.2. The largest absolute Gasteiger partial charge is 0.310 e. The summed E-state index contributed by atoms with van der Waals surface area (Å²) in [5.41, 5.74) is 1.09. The molecule has 1 heterocycles. The average molecular weight is 343 g/mol. The molecule has 1 aromatic heterocycles. The molecule has 0 aliphatic rings. The highest BCUT2D eigenvalue weighted by Gasteiger charge is 2.00. The second-order valence-corrected chi connectivity index (χ2v) is 5.19. The van der Waals surface area contributed by atoms with Crippen LogP contribution in [0.2, 0.25) is 0 Å². The standard InChI is InChI=1S/C12H9Br2NO/c13-10-5-3-9(4-6-10)8-15-7-1-2-11(14)12(15)16/h1-7H,8H2. The molecule has 16 heavy (non-hydrogen) atoms. The van der Waals surface area contributed by atoms with Crippen molar-refractivity contribution >= 4 is 31.9 Å². The van der Waals surface area contributed by atoms with Crippen molar-refractivity contribution in [1.82, 2.24) is 4.57 Å². The maximum Gasteiger partial charge on any atom is 0.265 e. The number of nitrogens with zero attached hydrogens (tertiary/aromatic N) is 1. The molecule has 0 atom stereocenters. The lowest BCUT2D eigenvalue weighted by Gasteiger charge is -2.06. The number of pyridine rings is 1. The van der Waals surface area contributed by atoms with Crippen LogP contribution >= 0.6 is 31.9 Å². The Balaban J connectivity index is 2.31. The highest BCUT2D eigenvalue weighted by atomic mass is 79.9. The maximum atomic E-state index is 11.7. The summed E-state index contributed by atoms with van der Waals surface area (Å²) in [6.07, 6.45) is 1.79.